The van der Waals surface area contributed by atoms with Crippen LogP contribution in [0, 0.1) is 20.8 Å². The van der Waals surface area contributed by atoms with E-state index >= 15 is 0 Å². The molecule has 0 atom stereocenters. The first kappa shape index (κ1) is 26.2. The minimum Gasteiger partial charge on any atom is -0.325 e. The van der Waals surface area contributed by atoms with Gasteiger partial charge < -0.3 is 5.32 Å². The summed E-state index contributed by atoms with van der Waals surface area (Å²) in [7, 11) is -3.95. The molecule has 1 aliphatic rings. The lowest BCUT2D eigenvalue weighted by atomic mass is 10.1. The summed E-state index contributed by atoms with van der Waals surface area (Å²) >= 11 is 7.42. The summed E-state index contributed by atoms with van der Waals surface area (Å²) in [4.78, 5) is 21.6. The molecule has 1 aliphatic heterocycles. The zero-order chi connectivity index (χ0) is 27.0. The van der Waals surface area contributed by atoms with Crippen molar-refractivity contribution in [3.63, 3.8) is 0 Å². The Bertz CT molecular complexity index is 1640. The van der Waals surface area contributed by atoms with E-state index in [1.807, 2.05) is 63.2 Å². The Morgan fingerprint density at radius 3 is 2.45 bits per heavy atom. The van der Waals surface area contributed by atoms with Crippen LogP contribution in [0.25, 0.3) is 11.3 Å². The van der Waals surface area contributed by atoms with Gasteiger partial charge in [0.05, 0.1) is 29.9 Å². The molecule has 194 valence electrons. The number of benzene rings is 3. The molecule has 0 saturated carbocycles. The van der Waals surface area contributed by atoms with Crippen molar-refractivity contribution in [3.8, 4) is 11.3 Å². The van der Waals surface area contributed by atoms with Gasteiger partial charge in [0.2, 0.25) is 5.91 Å². The Balaban J connectivity index is 1.43. The van der Waals surface area contributed by atoms with Crippen LogP contribution < -0.4 is 9.62 Å². The van der Waals surface area contributed by atoms with Gasteiger partial charge in [-0.05, 0) is 55.7 Å². The summed E-state index contributed by atoms with van der Waals surface area (Å²) in [6.45, 7) is 6.08. The molecule has 4 aromatic rings. The van der Waals surface area contributed by atoms with E-state index in [0.717, 1.165) is 39.7 Å². The van der Waals surface area contributed by atoms with Gasteiger partial charge in [-0.3, -0.25) is 9.10 Å². The number of rotatable bonds is 6. The highest BCUT2D eigenvalue weighted by molar-refractivity contribution is 7.99. The van der Waals surface area contributed by atoms with Gasteiger partial charge in [-0.15, -0.1) is 0 Å². The molecule has 5 rings (SSSR count). The topological polar surface area (TPSA) is 92.3 Å². The molecule has 0 aliphatic carbocycles. The van der Waals surface area contributed by atoms with Crippen LogP contribution in [-0.2, 0) is 21.4 Å². The molecule has 0 saturated heterocycles. The number of hydrogen-bond acceptors (Lipinski definition) is 6. The maximum absolute atomic E-state index is 13.7. The van der Waals surface area contributed by atoms with Crippen molar-refractivity contribution in [2.24, 2.45) is 0 Å². The molecule has 2 heterocycles. The second kappa shape index (κ2) is 10.4. The van der Waals surface area contributed by atoms with Crippen LogP contribution in [0.15, 0.2) is 76.9 Å². The maximum atomic E-state index is 13.7. The Morgan fingerprint density at radius 1 is 1.03 bits per heavy atom. The number of sulfonamides is 1. The van der Waals surface area contributed by atoms with Crippen LogP contribution in [0.1, 0.15) is 22.3 Å². The lowest BCUT2D eigenvalue weighted by Gasteiger charge is -2.31. The number of carbonyl (C=O) groups is 1. The first-order valence-corrected chi connectivity index (χ1v) is 14.7. The van der Waals surface area contributed by atoms with E-state index in [2.05, 4.69) is 15.3 Å². The zero-order valence-electron chi connectivity index (χ0n) is 21.0. The number of thioether (sulfide) groups is 1. The Kier molecular flexibility index (Phi) is 7.17. The number of amides is 1. The third-order valence-electron chi connectivity index (χ3n) is 6.23. The van der Waals surface area contributed by atoms with Gasteiger partial charge in [-0.2, -0.15) is 0 Å². The monoisotopic (exact) mass is 564 g/mol. The van der Waals surface area contributed by atoms with Crippen LogP contribution in [0.2, 0.25) is 5.02 Å². The van der Waals surface area contributed by atoms with Crippen LogP contribution in [-0.4, -0.2) is 30.0 Å². The van der Waals surface area contributed by atoms with Crippen LogP contribution in [0.3, 0.4) is 0 Å². The third kappa shape index (κ3) is 5.14. The average Bonchev–Trinajstić information content (AvgIpc) is 2.88. The largest absolute Gasteiger partial charge is 0.325 e. The van der Waals surface area contributed by atoms with Gasteiger partial charge in [0, 0.05) is 16.3 Å². The predicted molar refractivity (Wildman–Crippen MR) is 152 cm³/mol. The number of aryl methyl sites for hydroxylation is 3. The highest BCUT2D eigenvalue weighted by atomic mass is 35.5. The van der Waals surface area contributed by atoms with Crippen molar-refractivity contribution >= 4 is 50.7 Å². The average molecular weight is 565 g/mol. The molecule has 0 fully saturated rings. The summed E-state index contributed by atoms with van der Waals surface area (Å²) in [5.74, 6) is -0.119. The fourth-order valence-electron chi connectivity index (χ4n) is 4.57. The molecule has 3 aromatic carbocycles. The van der Waals surface area contributed by atoms with Crippen molar-refractivity contribution in [1.82, 2.24) is 9.97 Å². The van der Waals surface area contributed by atoms with E-state index in [0.29, 0.717) is 27.1 Å². The van der Waals surface area contributed by atoms with Gasteiger partial charge >= 0.3 is 0 Å². The van der Waals surface area contributed by atoms with E-state index in [1.165, 1.54) is 10.5 Å². The number of fused-ring (bicyclic) bond motifs is 3. The van der Waals surface area contributed by atoms with E-state index in [-0.39, 0.29) is 23.1 Å². The molecule has 1 amide bonds. The molecule has 1 N–H and O–H groups in total. The van der Waals surface area contributed by atoms with E-state index < -0.39 is 10.0 Å². The highest BCUT2D eigenvalue weighted by Crippen LogP contribution is 2.44. The van der Waals surface area contributed by atoms with E-state index in [9.17, 15) is 13.2 Å². The number of carbonyl (C=O) groups excluding carboxylic acids is 1. The van der Waals surface area contributed by atoms with Gasteiger partial charge in [-0.1, -0.05) is 71.4 Å². The fourth-order valence-corrected chi connectivity index (χ4v) is 6.90. The first-order chi connectivity index (χ1) is 18.1. The molecule has 0 radical (unpaired) electrons. The molecule has 0 spiro atoms. The van der Waals surface area contributed by atoms with Crippen molar-refractivity contribution < 1.29 is 13.2 Å². The zero-order valence-corrected chi connectivity index (χ0v) is 23.4. The lowest BCUT2D eigenvalue weighted by molar-refractivity contribution is -0.113. The predicted octanol–water partition coefficient (Wildman–Crippen LogP) is 6.16. The van der Waals surface area contributed by atoms with Crippen molar-refractivity contribution in [3.05, 3.63) is 94.1 Å². The van der Waals surface area contributed by atoms with Gasteiger partial charge in [0.25, 0.3) is 10.0 Å². The summed E-state index contributed by atoms with van der Waals surface area (Å²) in [6, 6.07) is 18.5. The molecular weight excluding hydrogens is 540 g/mol. The van der Waals surface area contributed by atoms with Gasteiger partial charge in [-0.25, -0.2) is 18.4 Å². The molecule has 10 heteroatoms. The van der Waals surface area contributed by atoms with Crippen molar-refractivity contribution in [2.45, 2.75) is 37.4 Å². The minimum atomic E-state index is -3.95. The summed E-state index contributed by atoms with van der Waals surface area (Å²) in [6.07, 6.45) is 1.32. The standard InChI is InChI=1S/C28H25ClN4O3S2/c1-17-11-18(2)26(19(3)12-17)31-25(34)16-37-28-30-14-24-27(32-28)22-10-9-21(29)13-23(22)33(38(24,35)36)15-20-7-5-4-6-8-20/h4-14H,15-16H2,1-3H3,(H,31,34). The summed E-state index contributed by atoms with van der Waals surface area (Å²) in [5.41, 5.74) is 6.13. The Labute approximate surface area is 231 Å². The number of anilines is 2. The third-order valence-corrected chi connectivity index (χ3v) is 9.08. The molecule has 7 nitrogen and oxygen atoms in total. The number of nitrogens with zero attached hydrogens (tertiary/aromatic N) is 3. The second-order valence-corrected chi connectivity index (χ2v) is 12.3. The number of aromatic nitrogens is 2. The molecule has 0 unspecified atom stereocenters. The second-order valence-electron chi connectivity index (χ2n) is 9.13. The maximum Gasteiger partial charge on any atom is 0.268 e. The van der Waals surface area contributed by atoms with Gasteiger partial charge in [0.15, 0.2) is 5.16 Å². The minimum absolute atomic E-state index is 0.0166. The van der Waals surface area contributed by atoms with Gasteiger partial charge in [0.1, 0.15) is 4.90 Å². The summed E-state index contributed by atoms with van der Waals surface area (Å²) < 4.78 is 28.7. The van der Waals surface area contributed by atoms with Crippen LogP contribution >= 0.6 is 23.4 Å². The molecule has 38 heavy (non-hydrogen) atoms. The Hall–Kier alpha value is -3.40. The Morgan fingerprint density at radius 2 is 1.74 bits per heavy atom. The quantitative estimate of drug-likeness (QED) is 0.223. The van der Waals surface area contributed by atoms with E-state index in [1.54, 1.807) is 18.2 Å². The SMILES string of the molecule is Cc1cc(C)c(NC(=O)CSc2ncc3c(n2)-c2ccc(Cl)cc2N(Cc2ccccc2)S3(=O)=O)c(C)c1. The first-order valence-electron chi connectivity index (χ1n) is 11.9. The highest BCUT2D eigenvalue weighted by Gasteiger charge is 2.37. The van der Waals surface area contributed by atoms with E-state index in [4.69, 9.17) is 11.6 Å². The number of hydrogen-bond donors (Lipinski definition) is 1. The molecular formula is C28H25ClN4O3S2. The van der Waals surface area contributed by atoms with Crippen LogP contribution in [0.5, 0.6) is 0 Å². The number of halogens is 1. The number of nitrogens with one attached hydrogen (secondary N) is 1. The summed E-state index contributed by atoms with van der Waals surface area (Å²) in [5, 5.41) is 3.70. The lowest BCUT2D eigenvalue weighted by Crippen LogP contribution is -2.34. The molecule has 1 aromatic heterocycles. The smallest absolute Gasteiger partial charge is 0.268 e. The molecule has 0 bridgehead atoms. The van der Waals surface area contributed by atoms with Crippen molar-refractivity contribution in [1.29, 1.82) is 0 Å². The fraction of sp³-hybridized carbons (Fsp3) is 0.179. The van der Waals surface area contributed by atoms with Crippen molar-refractivity contribution in [2.75, 3.05) is 15.4 Å². The normalized spacial score (nSPS) is 13.5. The van der Waals surface area contributed by atoms with Crippen LogP contribution in [0.4, 0.5) is 11.4 Å².